The monoisotopic (exact) mass is 446 g/mol. The second kappa shape index (κ2) is 12.0. The van der Waals surface area contributed by atoms with Gasteiger partial charge in [-0.3, -0.25) is 9.59 Å². The van der Waals surface area contributed by atoms with Crippen molar-refractivity contribution in [2.75, 3.05) is 12.3 Å². The molecule has 0 saturated carbocycles. The van der Waals surface area contributed by atoms with E-state index < -0.39 is 6.04 Å². The van der Waals surface area contributed by atoms with Gasteiger partial charge < -0.3 is 10.2 Å². The molecule has 4 nitrogen and oxygen atoms in total. The lowest BCUT2D eigenvalue weighted by atomic mass is 10.1. The number of nitrogens with zero attached hydrogens (tertiary/aromatic N) is 1. The molecular weight excluding hydrogens is 416 g/mol. The van der Waals surface area contributed by atoms with E-state index in [0.29, 0.717) is 29.8 Å². The number of nitrogens with one attached hydrogen (secondary N) is 1. The van der Waals surface area contributed by atoms with E-state index in [1.807, 2.05) is 38.1 Å². The van der Waals surface area contributed by atoms with Gasteiger partial charge in [-0.25, -0.2) is 0 Å². The molecule has 0 fully saturated rings. The Morgan fingerprint density at radius 1 is 1.10 bits per heavy atom. The van der Waals surface area contributed by atoms with Crippen LogP contribution >= 0.6 is 23.4 Å². The summed E-state index contributed by atoms with van der Waals surface area (Å²) in [5.74, 6) is 1.19. The van der Waals surface area contributed by atoms with Crippen LogP contribution in [-0.2, 0) is 21.9 Å². The molecule has 0 aromatic heterocycles. The SMILES string of the molecule is Cc1cccc(CSCC(=O)N(Cc2ccccc2Cl)[C@@H](C)C(=O)NCC(C)C)c1. The number of thioether (sulfide) groups is 1. The fourth-order valence-electron chi connectivity index (χ4n) is 2.99. The molecule has 0 radical (unpaired) electrons. The van der Waals surface area contributed by atoms with E-state index in [4.69, 9.17) is 11.6 Å². The minimum Gasteiger partial charge on any atom is -0.354 e. The van der Waals surface area contributed by atoms with Crippen molar-refractivity contribution in [3.8, 4) is 0 Å². The summed E-state index contributed by atoms with van der Waals surface area (Å²) in [5, 5.41) is 3.53. The first kappa shape index (κ1) is 24.3. The minimum atomic E-state index is -0.577. The lowest BCUT2D eigenvalue weighted by molar-refractivity contribution is -0.138. The summed E-state index contributed by atoms with van der Waals surface area (Å²) in [6.45, 7) is 8.80. The number of carbonyl (C=O) groups excluding carboxylic acids is 2. The second-order valence-electron chi connectivity index (χ2n) is 7.91. The molecule has 0 bridgehead atoms. The molecule has 2 aromatic carbocycles. The Bertz CT molecular complexity index is 857. The van der Waals surface area contributed by atoms with Crippen molar-refractivity contribution in [2.45, 2.75) is 46.0 Å². The Morgan fingerprint density at radius 2 is 1.83 bits per heavy atom. The van der Waals surface area contributed by atoms with Gasteiger partial charge in [0.25, 0.3) is 0 Å². The minimum absolute atomic E-state index is 0.0697. The number of halogens is 1. The van der Waals surface area contributed by atoms with Crippen molar-refractivity contribution in [3.05, 3.63) is 70.2 Å². The average Bonchev–Trinajstić information content (AvgIpc) is 2.70. The number of aryl methyl sites for hydroxylation is 1. The van der Waals surface area contributed by atoms with Gasteiger partial charge in [-0.1, -0.05) is 73.5 Å². The van der Waals surface area contributed by atoms with Crippen molar-refractivity contribution in [2.24, 2.45) is 5.92 Å². The number of amides is 2. The maximum absolute atomic E-state index is 13.1. The molecule has 1 N–H and O–H groups in total. The topological polar surface area (TPSA) is 49.4 Å². The average molecular weight is 447 g/mol. The first-order chi connectivity index (χ1) is 14.3. The van der Waals surface area contributed by atoms with E-state index in [0.717, 1.165) is 11.3 Å². The van der Waals surface area contributed by atoms with Crippen LogP contribution in [0, 0.1) is 12.8 Å². The lowest BCUT2D eigenvalue weighted by Gasteiger charge is -2.29. The van der Waals surface area contributed by atoms with Gasteiger partial charge in [0.1, 0.15) is 6.04 Å². The van der Waals surface area contributed by atoms with Crippen molar-refractivity contribution in [3.63, 3.8) is 0 Å². The van der Waals surface area contributed by atoms with Crippen LogP contribution in [0.25, 0.3) is 0 Å². The van der Waals surface area contributed by atoms with Gasteiger partial charge in [0, 0.05) is 23.9 Å². The quantitative estimate of drug-likeness (QED) is 0.554. The maximum atomic E-state index is 13.1. The van der Waals surface area contributed by atoms with E-state index >= 15 is 0 Å². The zero-order valence-corrected chi connectivity index (χ0v) is 19.7. The van der Waals surface area contributed by atoms with Gasteiger partial charge in [-0.05, 0) is 37.0 Å². The largest absolute Gasteiger partial charge is 0.354 e. The third-order valence-electron chi connectivity index (χ3n) is 4.73. The normalized spacial score (nSPS) is 11.9. The lowest BCUT2D eigenvalue weighted by Crippen LogP contribution is -2.48. The zero-order chi connectivity index (χ0) is 22.1. The van der Waals surface area contributed by atoms with Crippen molar-refractivity contribution in [1.82, 2.24) is 10.2 Å². The van der Waals surface area contributed by atoms with E-state index in [9.17, 15) is 9.59 Å². The van der Waals surface area contributed by atoms with Crippen LogP contribution in [0.15, 0.2) is 48.5 Å². The Kier molecular flexibility index (Phi) is 9.73. The summed E-state index contributed by atoms with van der Waals surface area (Å²) in [5.41, 5.74) is 3.23. The fraction of sp³-hybridized carbons (Fsp3) is 0.417. The molecule has 2 amide bonds. The van der Waals surface area contributed by atoms with Crippen LogP contribution in [0.1, 0.15) is 37.5 Å². The third-order valence-corrected chi connectivity index (χ3v) is 6.08. The number of rotatable bonds is 10. The molecule has 0 aliphatic rings. The molecule has 0 aliphatic heterocycles. The molecule has 162 valence electrons. The van der Waals surface area contributed by atoms with Gasteiger partial charge in [0.15, 0.2) is 0 Å². The molecule has 0 aliphatic carbocycles. The van der Waals surface area contributed by atoms with Crippen LogP contribution in [0.5, 0.6) is 0 Å². The van der Waals surface area contributed by atoms with E-state index in [-0.39, 0.29) is 11.8 Å². The summed E-state index contributed by atoms with van der Waals surface area (Å²) in [6, 6.07) is 15.1. The van der Waals surface area contributed by atoms with Crippen LogP contribution in [0.4, 0.5) is 0 Å². The van der Waals surface area contributed by atoms with Crippen LogP contribution < -0.4 is 5.32 Å². The predicted octanol–water partition coefficient (Wildman–Crippen LogP) is 5.07. The standard InChI is InChI=1S/C24H31ClN2O2S/c1-17(2)13-26-24(29)19(4)27(14-21-10-5-6-11-22(21)25)23(28)16-30-15-20-9-7-8-18(3)12-20/h5-12,17,19H,13-16H2,1-4H3,(H,26,29)/t19-/m0/s1. The number of hydrogen-bond donors (Lipinski definition) is 1. The Labute approximate surface area is 189 Å². The summed E-state index contributed by atoms with van der Waals surface area (Å²) >= 11 is 7.87. The molecule has 30 heavy (non-hydrogen) atoms. The molecule has 2 rings (SSSR count). The second-order valence-corrected chi connectivity index (χ2v) is 9.30. The summed E-state index contributed by atoms with van der Waals surface area (Å²) in [6.07, 6.45) is 0. The number of benzene rings is 2. The van der Waals surface area contributed by atoms with Gasteiger partial charge in [0.2, 0.25) is 11.8 Å². The fourth-order valence-corrected chi connectivity index (χ4v) is 4.04. The molecule has 0 spiro atoms. The molecule has 0 saturated heterocycles. The highest BCUT2D eigenvalue weighted by Crippen LogP contribution is 2.20. The van der Waals surface area contributed by atoms with Crippen molar-refractivity contribution in [1.29, 1.82) is 0 Å². The molecular formula is C24H31ClN2O2S. The summed E-state index contributed by atoms with van der Waals surface area (Å²) < 4.78 is 0. The van der Waals surface area contributed by atoms with Gasteiger partial charge >= 0.3 is 0 Å². The van der Waals surface area contributed by atoms with Gasteiger partial charge in [-0.2, -0.15) is 0 Å². The van der Waals surface area contributed by atoms with Crippen molar-refractivity contribution < 1.29 is 9.59 Å². The Balaban J connectivity index is 2.07. The van der Waals surface area contributed by atoms with E-state index in [2.05, 4.69) is 30.4 Å². The molecule has 0 heterocycles. The predicted molar refractivity (Wildman–Crippen MR) is 127 cm³/mol. The van der Waals surface area contributed by atoms with E-state index in [1.54, 1.807) is 29.7 Å². The zero-order valence-electron chi connectivity index (χ0n) is 18.2. The highest BCUT2D eigenvalue weighted by molar-refractivity contribution is 7.99. The van der Waals surface area contributed by atoms with E-state index in [1.165, 1.54) is 11.1 Å². The number of hydrogen-bond acceptors (Lipinski definition) is 3. The third kappa shape index (κ3) is 7.69. The van der Waals surface area contributed by atoms with Crippen LogP contribution in [0.2, 0.25) is 5.02 Å². The summed E-state index contributed by atoms with van der Waals surface area (Å²) in [4.78, 5) is 27.4. The first-order valence-electron chi connectivity index (χ1n) is 10.2. The van der Waals surface area contributed by atoms with Crippen molar-refractivity contribution >= 4 is 35.2 Å². The summed E-state index contributed by atoms with van der Waals surface area (Å²) in [7, 11) is 0. The molecule has 1 atom stereocenters. The highest BCUT2D eigenvalue weighted by Gasteiger charge is 2.26. The molecule has 0 unspecified atom stereocenters. The molecule has 2 aromatic rings. The Hall–Kier alpha value is -1.98. The van der Waals surface area contributed by atoms with Crippen LogP contribution in [-0.4, -0.2) is 35.1 Å². The first-order valence-corrected chi connectivity index (χ1v) is 11.7. The van der Waals surface area contributed by atoms with Crippen LogP contribution in [0.3, 0.4) is 0 Å². The number of carbonyl (C=O) groups is 2. The van der Waals surface area contributed by atoms with Gasteiger partial charge in [0.05, 0.1) is 5.75 Å². The maximum Gasteiger partial charge on any atom is 0.242 e. The molecule has 6 heteroatoms. The Morgan fingerprint density at radius 3 is 2.50 bits per heavy atom. The van der Waals surface area contributed by atoms with Gasteiger partial charge in [-0.15, -0.1) is 11.8 Å². The highest BCUT2D eigenvalue weighted by atomic mass is 35.5. The smallest absolute Gasteiger partial charge is 0.242 e.